The van der Waals surface area contributed by atoms with Crippen molar-refractivity contribution in [2.75, 3.05) is 18.5 Å². The number of ether oxygens (including phenoxy) is 2. The minimum Gasteiger partial charge on any atom is -0.485 e. The molecule has 1 aliphatic heterocycles. The number of para-hydroxylation sites is 2. The van der Waals surface area contributed by atoms with Crippen LogP contribution < -0.4 is 10.1 Å². The monoisotopic (exact) mass is 318 g/mol. The molecule has 0 aliphatic carbocycles. The Balaban J connectivity index is 1.62. The Bertz CT molecular complexity index is 568. The van der Waals surface area contributed by atoms with Crippen molar-refractivity contribution in [2.45, 2.75) is 32.4 Å². The maximum atomic E-state index is 5.93. The molecule has 0 amide bonds. The van der Waals surface area contributed by atoms with Gasteiger partial charge < -0.3 is 14.8 Å². The van der Waals surface area contributed by atoms with Crippen LogP contribution >= 0.6 is 11.3 Å². The second-order valence-electron chi connectivity index (χ2n) is 5.65. The zero-order valence-corrected chi connectivity index (χ0v) is 13.6. The van der Waals surface area contributed by atoms with Crippen LogP contribution in [0.3, 0.4) is 0 Å². The van der Waals surface area contributed by atoms with E-state index < -0.39 is 0 Å². The Labute approximate surface area is 135 Å². The summed E-state index contributed by atoms with van der Waals surface area (Å²) in [5, 5.41) is 5.63. The van der Waals surface area contributed by atoms with E-state index in [0.717, 1.165) is 43.2 Å². The minimum atomic E-state index is 0.410. The van der Waals surface area contributed by atoms with E-state index in [1.165, 1.54) is 0 Å². The fourth-order valence-corrected chi connectivity index (χ4v) is 3.29. The Morgan fingerprint density at radius 3 is 2.95 bits per heavy atom. The fraction of sp³-hybridized carbons (Fsp3) is 0.471. The summed E-state index contributed by atoms with van der Waals surface area (Å²) >= 11 is 1.59. The van der Waals surface area contributed by atoms with Crippen molar-refractivity contribution in [3.8, 4) is 5.75 Å². The van der Waals surface area contributed by atoms with Crippen molar-refractivity contribution in [1.82, 2.24) is 4.98 Å². The van der Waals surface area contributed by atoms with Crippen molar-refractivity contribution >= 4 is 17.0 Å². The highest BCUT2D eigenvalue weighted by Crippen LogP contribution is 2.28. The summed E-state index contributed by atoms with van der Waals surface area (Å²) in [5.74, 6) is 1.54. The standard InChI is InChI=1S/C17H22N2O2S/c1-13(14-6-8-20-9-7-14)19-16-4-2-3-5-17(16)21-10-15-11-22-12-18-15/h2-5,11-14,19H,6-10H2,1H3/t13-/m1/s1. The molecule has 5 heteroatoms. The highest BCUT2D eigenvalue weighted by molar-refractivity contribution is 7.07. The first-order chi connectivity index (χ1) is 10.8. The molecule has 1 fully saturated rings. The molecule has 0 saturated carbocycles. The van der Waals surface area contributed by atoms with Crippen LogP contribution in [0.25, 0.3) is 0 Å². The normalized spacial score (nSPS) is 17.1. The number of rotatable bonds is 6. The van der Waals surface area contributed by atoms with Gasteiger partial charge in [-0.25, -0.2) is 4.98 Å². The average Bonchev–Trinajstić information content (AvgIpc) is 3.08. The van der Waals surface area contributed by atoms with Crippen molar-refractivity contribution in [3.05, 3.63) is 40.8 Å². The third-order valence-electron chi connectivity index (χ3n) is 4.10. The first-order valence-electron chi connectivity index (χ1n) is 7.76. The molecular weight excluding hydrogens is 296 g/mol. The number of nitrogens with one attached hydrogen (secondary N) is 1. The summed E-state index contributed by atoms with van der Waals surface area (Å²) in [7, 11) is 0. The number of nitrogens with zero attached hydrogens (tertiary/aromatic N) is 1. The first-order valence-corrected chi connectivity index (χ1v) is 8.70. The highest BCUT2D eigenvalue weighted by atomic mass is 32.1. The van der Waals surface area contributed by atoms with E-state index in [2.05, 4.69) is 23.3 Å². The highest BCUT2D eigenvalue weighted by Gasteiger charge is 2.21. The second kappa shape index (κ2) is 7.61. The third kappa shape index (κ3) is 3.99. The Hall–Kier alpha value is -1.59. The molecule has 118 valence electrons. The molecule has 1 aromatic carbocycles. The smallest absolute Gasteiger partial charge is 0.142 e. The van der Waals surface area contributed by atoms with Gasteiger partial charge >= 0.3 is 0 Å². The lowest BCUT2D eigenvalue weighted by atomic mass is 9.93. The average molecular weight is 318 g/mol. The molecule has 0 radical (unpaired) electrons. The van der Waals surface area contributed by atoms with E-state index >= 15 is 0 Å². The summed E-state index contributed by atoms with van der Waals surface area (Å²) in [4.78, 5) is 4.25. The molecule has 0 unspecified atom stereocenters. The maximum absolute atomic E-state index is 5.93. The van der Waals surface area contributed by atoms with E-state index in [0.29, 0.717) is 18.6 Å². The minimum absolute atomic E-state index is 0.410. The van der Waals surface area contributed by atoms with Gasteiger partial charge in [0.2, 0.25) is 0 Å². The zero-order chi connectivity index (χ0) is 15.2. The van der Waals surface area contributed by atoms with Gasteiger partial charge in [-0.05, 0) is 37.8 Å². The van der Waals surface area contributed by atoms with Crippen LogP contribution in [-0.2, 0) is 11.3 Å². The van der Waals surface area contributed by atoms with Gasteiger partial charge in [-0.15, -0.1) is 11.3 Å². The molecule has 0 bridgehead atoms. The molecule has 1 aliphatic rings. The lowest BCUT2D eigenvalue weighted by Crippen LogP contribution is -2.31. The molecule has 1 N–H and O–H groups in total. The van der Waals surface area contributed by atoms with Crippen LogP contribution in [0, 0.1) is 5.92 Å². The molecule has 2 heterocycles. The van der Waals surface area contributed by atoms with Gasteiger partial charge in [0.1, 0.15) is 12.4 Å². The molecule has 1 aromatic heterocycles. The molecule has 2 aromatic rings. The predicted molar refractivity (Wildman–Crippen MR) is 89.5 cm³/mol. The van der Waals surface area contributed by atoms with Crippen LogP contribution in [0.15, 0.2) is 35.2 Å². The van der Waals surface area contributed by atoms with Crippen LogP contribution in [0.2, 0.25) is 0 Å². The molecule has 0 spiro atoms. The molecular formula is C17H22N2O2S. The van der Waals surface area contributed by atoms with E-state index in [-0.39, 0.29) is 0 Å². The fourth-order valence-electron chi connectivity index (χ4n) is 2.75. The Morgan fingerprint density at radius 2 is 2.18 bits per heavy atom. The SMILES string of the molecule is C[C@@H](Nc1ccccc1OCc1cscn1)C1CCOCC1. The lowest BCUT2D eigenvalue weighted by Gasteiger charge is -2.29. The number of benzene rings is 1. The van der Waals surface area contributed by atoms with E-state index in [4.69, 9.17) is 9.47 Å². The van der Waals surface area contributed by atoms with Gasteiger partial charge in [-0.1, -0.05) is 12.1 Å². The Morgan fingerprint density at radius 1 is 1.36 bits per heavy atom. The van der Waals surface area contributed by atoms with Gasteiger partial charge in [-0.3, -0.25) is 0 Å². The van der Waals surface area contributed by atoms with Crippen molar-refractivity contribution in [2.24, 2.45) is 5.92 Å². The number of hydrogen-bond donors (Lipinski definition) is 1. The quantitative estimate of drug-likeness (QED) is 0.876. The largest absolute Gasteiger partial charge is 0.485 e. The summed E-state index contributed by atoms with van der Waals surface area (Å²) in [6.45, 7) is 4.50. The summed E-state index contributed by atoms with van der Waals surface area (Å²) in [6.07, 6.45) is 2.24. The third-order valence-corrected chi connectivity index (χ3v) is 4.74. The molecule has 3 rings (SSSR count). The van der Waals surface area contributed by atoms with Gasteiger partial charge in [0.25, 0.3) is 0 Å². The molecule has 1 saturated heterocycles. The number of thiazole rings is 1. The predicted octanol–water partition coefficient (Wildman–Crippen LogP) is 3.95. The maximum Gasteiger partial charge on any atom is 0.142 e. The summed E-state index contributed by atoms with van der Waals surface area (Å²) < 4.78 is 11.4. The lowest BCUT2D eigenvalue weighted by molar-refractivity contribution is 0.0622. The Kier molecular flexibility index (Phi) is 5.29. The van der Waals surface area contributed by atoms with Gasteiger partial charge in [0, 0.05) is 24.6 Å². The van der Waals surface area contributed by atoms with Crippen LogP contribution in [-0.4, -0.2) is 24.2 Å². The number of anilines is 1. The molecule has 4 nitrogen and oxygen atoms in total. The summed E-state index contributed by atoms with van der Waals surface area (Å²) in [5.41, 5.74) is 3.85. The zero-order valence-electron chi connectivity index (χ0n) is 12.8. The number of hydrogen-bond acceptors (Lipinski definition) is 5. The van der Waals surface area contributed by atoms with Gasteiger partial charge in [0.15, 0.2) is 0 Å². The van der Waals surface area contributed by atoms with E-state index in [1.54, 1.807) is 11.3 Å². The number of aromatic nitrogens is 1. The molecule has 22 heavy (non-hydrogen) atoms. The van der Waals surface area contributed by atoms with Crippen LogP contribution in [0.5, 0.6) is 5.75 Å². The van der Waals surface area contributed by atoms with Crippen molar-refractivity contribution in [1.29, 1.82) is 0 Å². The van der Waals surface area contributed by atoms with Crippen LogP contribution in [0.1, 0.15) is 25.5 Å². The van der Waals surface area contributed by atoms with Gasteiger partial charge in [0.05, 0.1) is 16.9 Å². The topological polar surface area (TPSA) is 43.4 Å². The second-order valence-corrected chi connectivity index (χ2v) is 6.37. The van der Waals surface area contributed by atoms with Crippen LogP contribution in [0.4, 0.5) is 5.69 Å². The van der Waals surface area contributed by atoms with Crippen molar-refractivity contribution in [3.63, 3.8) is 0 Å². The van der Waals surface area contributed by atoms with Crippen molar-refractivity contribution < 1.29 is 9.47 Å². The van der Waals surface area contributed by atoms with Gasteiger partial charge in [-0.2, -0.15) is 0 Å². The first kappa shape index (κ1) is 15.3. The summed E-state index contributed by atoms with van der Waals surface area (Å²) in [6, 6.07) is 8.53. The molecule has 1 atom stereocenters. The van der Waals surface area contributed by atoms with E-state index in [9.17, 15) is 0 Å². The van der Waals surface area contributed by atoms with E-state index in [1.807, 2.05) is 29.1 Å².